The van der Waals surface area contributed by atoms with Gasteiger partial charge in [-0.3, -0.25) is 4.79 Å². The van der Waals surface area contributed by atoms with Gasteiger partial charge in [-0.1, -0.05) is 18.2 Å². The van der Waals surface area contributed by atoms with Gasteiger partial charge in [-0.25, -0.2) is 0 Å². The van der Waals surface area contributed by atoms with Crippen LogP contribution >= 0.6 is 0 Å². The van der Waals surface area contributed by atoms with Gasteiger partial charge in [0.15, 0.2) is 0 Å². The van der Waals surface area contributed by atoms with Crippen molar-refractivity contribution in [1.82, 2.24) is 0 Å². The second-order valence-corrected chi connectivity index (χ2v) is 4.77. The highest BCUT2D eigenvalue weighted by atomic mass is 16.3. The van der Waals surface area contributed by atoms with Gasteiger partial charge in [0.1, 0.15) is 12.6 Å². The summed E-state index contributed by atoms with van der Waals surface area (Å²) in [7, 11) is 0. The van der Waals surface area contributed by atoms with Crippen molar-refractivity contribution in [3.8, 4) is 6.07 Å². The van der Waals surface area contributed by atoms with Crippen LogP contribution in [0, 0.1) is 11.3 Å². The van der Waals surface area contributed by atoms with Crippen molar-refractivity contribution in [2.45, 2.75) is 6.61 Å². The second-order valence-electron chi connectivity index (χ2n) is 4.77. The van der Waals surface area contributed by atoms with Crippen molar-refractivity contribution in [3.63, 3.8) is 0 Å². The number of fused-ring (bicyclic) bond motifs is 1. The summed E-state index contributed by atoms with van der Waals surface area (Å²) in [6, 6.07) is 14.8. The maximum atomic E-state index is 11.9. The summed E-state index contributed by atoms with van der Waals surface area (Å²) in [6.07, 6.45) is 0. The molecule has 5 nitrogen and oxygen atoms in total. The minimum absolute atomic E-state index is 0.119. The van der Waals surface area contributed by atoms with Gasteiger partial charge in [0.25, 0.3) is 0 Å². The number of benzene rings is 2. The Labute approximate surface area is 122 Å². The molecule has 1 amide bonds. The third-order valence-corrected chi connectivity index (χ3v) is 3.43. The predicted molar refractivity (Wildman–Crippen MR) is 79.2 cm³/mol. The monoisotopic (exact) mass is 279 g/mol. The van der Waals surface area contributed by atoms with Crippen LogP contribution in [-0.4, -0.2) is 17.6 Å². The Morgan fingerprint density at radius 2 is 2.05 bits per heavy atom. The molecule has 0 aliphatic carbocycles. The molecule has 21 heavy (non-hydrogen) atoms. The largest absolute Gasteiger partial charge is 0.392 e. The zero-order valence-electron chi connectivity index (χ0n) is 11.2. The Balaban J connectivity index is 2.13. The van der Waals surface area contributed by atoms with Crippen LogP contribution < -0.4 is 10.2 Å². The van der Waals surface area contributed by atoms with E-state index in [4.69, 9.17) is 0 Å². The zero-order valence-corrected chi connectivity index (χ0v) is 11.2. The van der Waals surface area contributed by atoms with Crippen molar-refractivity contribution in [3.05, 3.63) is 53.6 Å². The number of anilines is 3. The minimum Gasteiger partial charge on any atom is -0.392 e. The van der Waals surface area contributed by atoms with E-state index in [0.717, 1.165) is 11.4 Å². The number of aliphatic hydroxyl groups is 1. The first kappa shape index (κ1) is 13.2. The molecule has 2 aromatic rings. The van der Waals surface area contributed by atoms with Crippen LogP contribution in [0.3, 0.4) is 0 Å². The average molecular weight is 279 g/mol. The van der Waals surface area contributed by atoms with E-state index in [2.05, 4.69) is 11.4 Å². The summed E-state index contributed by atoms with van der Waals surface area (Å²) in [6.45, 7) is 0.0379. The van der Waals surface area contributed by atoms with Crippen LogP contribution in [-0.2, 0) is 11.4 Å². The number of hydrogen-bond donors (Lipinski definition) is 2. The first-order valence-corrected chi connectivity index (χ1v) is 6.53. The first-order chi connectivity index (χ1) is 10.2. The number of hydrogen-bond acceptors (Lipinski definition) is 4. The van der Waals surface area contributed by atoms with Crippen molar-refractivity contribution >= 4 is 23.0 Å². The molecule has 3 rings (SSSR count). The number of amides is 1. The summed E-state index contributed by atoms with van der Waals surface area (Å²) in [4.78, 5) is 13.7. The van der Waals surface area contributed by atoms with E-state index in [1.54, 1.807) is 18.2 Å². The maximum absolute atomic E-state index is 11.9. The molecule has 0 unspecified atom stereocenters. The summed E-state index contributed by atoms with van der Waals surface area (Å²) < 4.78 is 0. The molecule has 5 heteroatoms. The van der Waals surface area contributed by atoms with Gasteiger partial charge >= 0.3 is 0 Å². The lowest BCUT2D eigenvalue weighted by molar-refractivity contribution is -0.115. The molecule has 0 saturated carbocycles. The van der Waals surface area contributed by atoms with Crippen LogP contribution in [0.25, 0.3) is 0 Å². The molecule has 0 radical (unpaired) electrons. The topological polar surface area (TPSA) is 76.4 Å². The molecule has 0 bridgehead atoms. The third kappa shape index (κ3) is 2.33. The third-order valence-electron chi connectivity index (χ3n) is 3.43. The van der Waals surface area contributed by atoms with Gasteiger partial charge in [0.2, 0.25) is 5.91 Å². The van der Waals surface area contributed by atoms with Gasteiger partial charge in [-0.2, -0.15) is 5.26 Å². The molecule has 0 fully saturated rings. The summed E-state index contributed by atoms with van der Waals surface area (Å²) in [5.74, 6) is -0.121. The van der Waals surface area contributed by atoms with E-state index in [1.807, 2.05) is 29.2 Å². The SMILES string of the molecule is N#Cc1cc(CO)ccc1N1CC(=O)Nc2ccccc21. The van der Waals surface area contributed by atoms with Crippen LogP contribution in [0.4, 0.5) is 17.1 Å². The fourth-order valence-electron chi connectivity index (χ4n) is 2.45. The molecule has 0 saturated heterocycles. The molecule has 1 heterocycles. The number of aliphatic hydroxyl groups excluding tert-OH is 1. The Morgan fingerprint density at radius 1 is 1.24 bits per heavy atom. The Hall–Kier alpha value is -2.84. The van der Waals surface area contributed by atoms with Gasteiger partial charge in [0.05, 0.1) is 29.2 Å². The average Bonchev–Trinajstić information content (AvgIpc) is 2.53. The molecular formula is C16H13N3O2. The zero-order chi connectivity index (χ0) is 14.8. The number of carbonyl (C=O) groups excluding carboxylic acids is 1. The summed E-state index contributed by atoms with van der Waals surface area (Å²) in [5.41, 5.74) is 3.35. The number of rotatable bonds is 2. The number of para-hydroxylation sites is 2. The van der Waals surface area contributed by atoms with Gasteiger partial charge in [-0.15, -0.1) is 0 Å². The number of nitriles is 1. The fourth-order valence-corrected chi connectivity index (χ4v) is 2.45. The lowest BCUT2D eigenvalue weighted by Crippen LogP contribution is -2.35. The van der Waals surface area contributed by atoms with E-state index < -0.39 is 0 Å². The minimum atomic E-state index is -0.121. The highest BCUT2D eigenvalue weighted by Crippen LogP contribution is 2.36. The molecular weight excluding hydrogens is 266 g/mol. The Bertz CT molecular complexity index is 749. The lowest BCUT2D eigenvalue weighted by Gasteiger charge is -2.31. The van der Waals surface area contributed by atoms with Crippen LogP contribution in [0.1, 0.15) is 11.1 Å². The summed E-state index contributed by atoms with van der Waals surface area (Å²) in [5, 5.41) is 21.3. The highest BCUT2D eigenvalue weighted by Gasteiger charge is 2.24. The molecule has 1 aliphatic rings. The van der Waals surface area contributed by atoms with E-state index in [0.29, 0.717) is 16.8 Å². The molecule has 2 aromatic carbocycles. The van der Waals surface area contributed by atoms with Crippen molar-refractivity contribution in [1.29, 1.82) is 5.26 Å². The van der Waals surface area contributed by atoms with Crippen LogP contribution in [0.2, 0.25) is 0 Å². The normalized spacial score (nSPS) is 13.3. The molecule has 1 aliphatic heterocycles. The van der Waals surface area contributed by atoms with Gasteiger partial charge in [-0.05, 0) is 29.8 Å². The quantitative estimate of drug-likeness (QED) is 0.883. The Morgan fingerprint density at radius 3 is 2.81 bits per heavy atom. The smallest absolute Gasteiger partial charge is 0.244 e. The van der Waals surface area contributed by atoms with Crippen molar-refractivity contribution < 1.29 is 9.90 Å². The predicted octanol–water partition coefficient (Wildman–Crippen LogP) is 2.14. The molecule has 0 aromatic heterocycles. The molecule has 0 atom stereocenters. The van der Waals surface area contributed by atoms with Crippen LogP contribution in [0.15, 0.2) is 42.5 Å². The lowest BCUT2D eigenvalue weighted by atomic mass is 10.1. The fraction of sp³-hybridized carbons (Fsp3) is 0.125. The van der Waals surface area contributed by atoms with Gasteiger partial charge in [0, 0.05) is 0 Å². The molecule has 2 N–H and O–H groups in total. The maximum Gasteiger partial charge on any atom is 0.244 e. The van der Waals surface area contributed by atoms with E-state index in [9.17, 15) is 15.2 Å². The number of nitrogens with one attached hydrogen (secondary N) is 1. The molecule has 0 spiro atoms. The first-order valence-electron chi connectivity index (χ1n) is 6.53. The van der Waals surface area contributed by atoms with Gasteiger partial charge < -0.3 is 15.3 Å². The van der Waals surface area contributed by atoms with E-state index in [-0.39, 0.29) is 19.1 Å². The van der Waals surface area contributed by atoms with Crippen LogP contribution in [0.5, 0.6) is 0 Å². The second kappa shape index (κ2) is 5.27. The van der Waals surface area contributed by atoms with Crippen molar-refractivity contribution in [2.75, 3.05) is 16.8 Å². The number of nitrogens with zero attached hydrogens (tertiary/aromatic N) is 2. The highest BCUT2D eigenvalue weighted by molar-refractivity contribution is 6.03. The van der Waals surface area contributed by atoms with E-state index in [1.165, 1.54) is 0 Å². The summed E-state index contributed by atoms with van der Waals surface area (Å²) >= 11 is 0. The standard InChI is InChI=1S/C16H13N3O2/c17-8-12-7-11(10-20)5-6-14(12)19-9-16(21)18-13-3-1-2-4-15(13)19/h1-7,20H,9-10H2,(H,18,21). The van der Waals surface area contributed by atoms with Crippen molar-refractivity contribution in [2.24, 2.45) is 0 Å². The molecule has 104 valence electrons. The number of carbonyl (C=O) groups is 1. The van der Waals surface area contributed by atoms with E-state index >= 15 is 0 Å². The Kier molecular flexibility index (Phi) is 3.30.